The van der Waals surface area contributed by atoms with Crippen molar-refractivity contribution in [2.24, 2.45) is 0 Å². The van der Waals surface area contributed by atoms with Crippen molar-refractivity contribution in [2.45, 2.75) is 19.8 Å². The second-order valence-electron chi connectivity index (χ2n) is 4.54. The van der Waals surface area contributed by atoms with Crippen molar-refractivity contribution in [3.05, 3.63) is 53.6 Å². The number of phenols is 1. The van der Waals surface area contributed by atoms with E-state index in [2.05, 4.69) is 19.1 Å². The molecule has 2 aromatic rings. The maximum Gasteiger partial charge on any atom is 0.116 e. The van der Waals surface area contributed by atoms with Crippen molar-refractivity contribution < 1.29 is 10.2 Å². The van der Waals surface area contributed by atoms with Crippen molar-refractivity contribution in [2.75, 3.05) is 6.61 Å². The lowest BCUT2D eigenvalue weighted by Gasteiger charge is -2.10. The van der Waals surface area contributed by atoms with E-state index in [0.717, 1.165) is 29.5 Å². The minimum atomic E-state index is 0.189. The number of phenolic OH excluding ortho intramolecular Hbond substituents is 1. The average Bonchev–Trinajstić information content (AvgIpc) is 2.37. The summed E-state index contributed by atoms with van der Waals surface area (Å²) in [5.41, 5.74) is 4.52. The van der Waals surface area contributed by atoms with Gasteiger partial charge in [-0.1, -0.05) is 35.9 Å². The summed E-state index contributed by atoms with van der Waals surface area (Å²) >= 11 is 0. The van der Waals surface area contributed by atoms with Crippen LogP contribution in [-0.4, -0.2) is 16.8 Å². The molecular formula is C16H18O2. The van der Waals surface area contributed by atoms with Gasteiger partial charge < -0.3 is 10.2 Å². The lowest BCUT2D eigenvalue weighted by molar-refractivity contribution is 0.288. The van der Waals surface area contributed by atoms with E-state index in [-0.39, 0.29) is 12.4 Å². The van der Waals surface area contributed by atoms with Crippen LogP contribution < -0.4 is 0 Å². The van der Waals surface area contributed by atoms with Crippen molar-refractivity contribution >= 4 is 0 Å². The summed E-state index contributed by atoms with van der Waals surface area (Å²) in [6.45, 7) is 2.24. The molecule has 2 N–H and O–H groups in total. The fourth-order valence-electron chi connectivity index (χ4n) is 2.13. The topological polar surface area (TPSA) is 40.5 Å². The van der Waals surface area contributed by atoms with Crippen LogP contribution in [0.25, 0.3) is 11.1 Å². The first-order valence-corrected chi connectivity index (χ1v) is 6.20. The van der Waals surface area contributed by atoms with Crippen LogP contribution in [0.1, 0.15) is 17.5 Å². The minimum Gasteiger partial charge on any atom is -0.508 e. The minimum absolute atomic E-state index is 0.189. The number of hydrogen-bond donors (Lipinski definition) is 2. The Morgan fingerprint density at radius 2 is 1.89 bits per heavy atom. The van der Waals surface area contributed by atoms with E-state index in [1.165, 1.54) is 5.56 Å². The quantitative estimate of drug-likeness (QED) is 0.863. The van der Waals surface area contributed by atoms with Gasteiger partial charge in [-0.2, -0.15) is 0 Å². The van der Waals surface area contributed by atoms with E-state index in [1.54, 1.807) is 12.1 Å². The van der Waals surface area contributed by atoms with Gasteiger partial charge in [0, 0.05) is 6.61 Å². The highest BCUT2D eigenvalue weighted by atomic mass is 16.3. The zero-order chi connectivity index (χ0) is 13.0. The Bertz CT molecular complexity index is 532. The largest absolute Gasteiger partial charge is 0.508 e. The second kappa shape index (κ2) is 5.69. The van der Waals surface area contributed by atoms with Crippen LogP contribution in [0.4, 0.5) is 0 Å². The van der Waals surface area contributed by atoms with Gasteiger partial charge >= 0.3 is 0 Å². The maximum absolute atomic E-state index is 9.64. The van der Waals surface area contributed by atoms with Gasteiger partial charge in [0.2, 0.25) is 0 Å². The van der Waals surface area contributed by atoms with Gasteiger partial charge in [-0.25, -0.2) is 0 Å². The smallest absolute Gasteiger partial charge is 0.116 e. The molecule has 0 aliphatic heterocycles. The number of hydrogen-bond acceptors (Lipinski definition) is 2. The van der Waals surface area contributed by atoms with Gasteiger partial charge in [-0.3, -0.25) is 0 Å². The molecule has 18 heavy (non-hydrogen) atoms. The van der Waals surface area contributed by atoms with Crippen LogP contribution in [0.15, 0.2) is 42.5 Å². The SMILES string of the molecule is Cc1cccc(-c2cc(O)ccc2CCCO)c1. The summed E-state index contributed by atoms with van der Waals surface area (Å²) < 4.78 is 0. The molecule has 0 radical (unpaired) electrons. The number of aliphatic hydroxyl groups is 1. The number of benzene rings is 2. The Balaban J connectivity index is 2.44. The molecular weight excluding hydrogens is 224 g/mol. The fourth-order valence-corrected chi connectivity index (χ4v) is 2.13. The van der Waals surface area contributed by atoms with Gasteiger partial charge in [0.05, 0.1) is 0 Å². The van der Waals surface area contributed by atoms with E-state index in [9.17, 15) is 5.11 Å². The van der Waals surface area contributed by atoms with E-state index < -0.39 is 0 Å². The van der Waals surface area contributed by atoms with Crippen molar-refractivity contribution in [3.8, 4) is 16.9 Å². The molecule has 0 amide bonds. The highest BCUT2D eigenvalue weighted by molar-refractivity contribution is 5.69. The van der Waals surface area contributed by atoms with Crippen LogP contribution in [0.5, 0.6) is 5.75 Å². The molecule has 0 heterocycles. The zero-order valence-electron chi connectivity index (χ0n) is 10.6. The van der Waals surface area contributed by atoms with Crippen LogP contribution >= 0.6 is 0 Å². The van der Waals surface area contributed by atoms with Crippen molar-refractivity contribution in [3.63, 3.8) is 0 Å². The van der Waals surface area contributed by atoms with E-state index in [4.69, 9.17) is 5.11 Å². The molecule has 0 fully saturated rings. The molecule has 0 aromatic heterocycles. The number of rotatable bonds is 4. The summed E-state index contributed by atoms with van der Waals surface area (Å²) in [4.78, 5) is 0. The molecule has 2 heteroatoms. The molecule has 0 atom stereocenters. The third kappa shape index (κ3) is 2.90. The molecule has 0 spiro atoms. The van der Waals surface area contributed by atoms with Gasteiger partial charge in [-0.05, 0) is 48.6 Å². The summed E-state index contributed by atoms with van der Waals surface area (Å²) in [5.74, 6) is 0.277. The number of aliphatic hydroxyl groups excluding tert-OH is 1. The van der Waals surface area contributed by atoms with Crippen LogP contribution in [0, 0.1) is 6.92 Å². The molecule has 0 aliphatic carbocycles. The third-order valence-electron chi connectivity index (χ3n) is 3.03. The normalized spacial score (nSPS) is 10.6. The number of aromatic hydroxyl groups is 1. The van der Waals surface area contributed by atoms with Crippen LogP contribution in [-0.2, 0) is 6.42 Å². The zero-order valence-corrected chi connectivity index (χ0v) is 10.6. The van der Waals surface area contributed by atoms with E-state index >= 15 is 0 Å². The van der Waals surface area contributed by atoms with Gasteiger partial charge in [0.15, 0.2) is 0 Å². The first-order valence-electron chi connectivity index (χ1n) is 6.20. The van der Waals surface area contributed by atoms with Crippen molar-refractivity contribution in [1.82, 2.24) is 0 Å². The maximum atomic E-state index is 9.64. The summed E-state index contributed by atoms with van der Waals surface area (Å²) in [5, 5.41) is 18.6. The lowest BCUT2D eigenvalue weighted by Crippen LogP contribution is -1.93. The molecule has 2 aromatic carbocycles. The van der Waals surface area contributed by atoms with E-state index in [1.807, 2.05) is 18.2 Å². The van der Waals surface area contributed by atoms with Gasteiger partial charge in [0.1, 0.15) is 5.75 Å². The highest BCUT2D eigenvalue weighted by Crippen LogP contribution is 2.29. The molecule has 94 valence electrons. The second-order valence-corrected chi connectivity index (χ2v) is 4.54. The first kappa shape index (κ1) is 12.7. The van der Waals surface area contributed by atoms with Crippen LogP contribution in [0.3, 0.4) is 0 Å². The predicted octanol–water partition coefficient (Wildman–Crippen LogP) is 3.29. The number of aryl methyl sites for hydroxylation is 2. The van der Waals surface area contributed by atoms with Crippen LogP contribution in [0.2, 0.25) is 0 Å². The van der Waals surface area contributed by atoms with E-state index in [0.29, 0.717) is 0 Å². The molecule has 0 bridgehead atoms. The molecule has 0 saturated carbocycles. The Morgan fingerprint density at radius 1 is 1.06 bits per heavy atom. The summed E-state index contributed by atoms with van der Waals surface area (Å²) in [6.07, 6.45) is 1.56. The Labute approximate surface area is 108 Å². The highest BCUT2D eigenvalue weighted by Gasteiger charge is 2.06. The Kier molecular flexibility index (Phi) is 4.00. The summed E-state index contributed by atoms with van der Waals surface area (Å²) in [7, 11) is 0. The molecule has 2 nitrogen and oxygen atoms in total. The third-order valence-corrected chi connectivity index (χ3v) is 3.03. The molecule has 0 aliphatic rings. The average molecular weight is 242 g/mol. The van der Waals surface area contributed by atoms with Crippen molar-refractivity contribution in [1.29, 1.82) is 0 Å². The Morgan fingerprint density at radius 3 is 2.61 bits per heavy atom. The van der Waals surface area contributed by atoms with Gasteiger partial charge in [-0.15, -0.1) is 0 Å². The molecule has 2 rings (SSSR count). The fraction of sp³-hybridized carbons (Fsp3) is 0.250. The lowest BCUT2D eigenvalue weighted by atomic mass is 9.95. The first-order chi connectivity index (χ1) is 8.70. The monoisotopic (exact) mass is 242 g/mol. The molecule has 0 saturated heterocycles. The standard InChI is InChI=1S/C16H18O2/c1-12-4-2-5-14(10-12)16-11-15(18)8-7-13(16)6-3-9-17/h2,4-5,7-8,10-11,17-18H,3,6,9H2,1H3. The molecule has 0 unspecified atom stereocenters. The Hall–Kier alpha value is -1.80. The predicted molar refractivity (Wildman–Crippen MR) is 73.7 cm³/mol. The van der Waals surface area contributed by atoms with Gasteiger partial charge in [0.25, 0.3) is 0 Å². The summed E-state index contributed by atoms with van der Waals surface area (Å²) in [6, 6.07) is 13.7.